The number of aromatic nitrogens is 1. The maximum atomic E-state index is 12.7. The van der Waals surface area contributed by atoms with E-state index >= 15 is 0 Å². The van der Waals surface area contributed by atoms with Crippen LogP contribution in [0.4, 0.5) is 0 Å². The molecule has 3 rings (SSSR count). The summed E-state index contributed by atoms with van der Waals surface area (Å²) in [5.41, 5.74) is 2.62. The Balaban J connectivity index is 2.04. The maximum Gasteiger partial charge on any atom is 0.184 e. The summed E-state index contributed by atoms with van der Waals surface area (Å²) in [6.45, 7) is 2.00. The van der Waals surface area contributed by atoms with Crippen LogP contribution in [0.5, 0.6) is 0 Å². The van der Waals surface area contributed by atoms with Gasteiger partial charge in [-0.15, -0.1) is 0 Å². The molecule has 0 aliphatic heterocycles. The van der Waals surface area contributed by atoms with Crippen LogP contribution in [-0.4, -0.2) is 18.7 Å². The highest BCUT2D eigenvalue weighted by molar-refractivity contribution is 7.92. The average Bonchev–Trinajstić information content (AvgIpc) is 3.10. The quantitative estimate of drug-likeness (QED) is 0.863. The van der Waals surface area contributed by atoms with Crippen molar-refractivity contribution in [3.63, 3.8) is 0 Å². The average molecular weight is 326 g/mol. The van der Waals surface area contributed by atoms with Crippen molar-refractivity contribution in [2.75, 3.05) is 0 Å². The molecule has 4 nitrogen and oxygen atoms in total. The second-order valence-electron chi connectivity index (χ2n) is 5.97. The Bertz CT molecular complexity index is 859. The Morgan fingerprint density at radius 1 is 1.09 bits per heavy atom. The molecule has 1 heterocycles. The van der Waals surface area contributed by atoms with Crippen LogP contribution in [-0.2, 0) is 9.84 Å². The van der Waals surface area contributed by atoms with Crippen LogP contribution in [0.25, 0.3) is 11.3 Å². The van der Waals surface area contributed by atoms with E-state index in [1.165, 1.54) is 6.07 Å². The number of nitrogens with zero attached hydrogens (tertiary/aromatic N) is 2. The van der Waals surface area contributed by atoms with E-state index in [1.807, 2.05) is 37.3 Å². The molecule has 1 fully saturated rings. The topological polar surface area (TPSA) is 70.8 Å². The SMILES string of the molecule is Cc1ccc(-c2ccc(S(=O)(=O)C3CCCC3)c(C#N)n2)cc1. The van der Waals surface area contributed by atoms with Crippen molar-refractivity contribution in [3.05, 3.63) is 47.7 Å². The van der Waals surface area contributed by atoms with Crippen LogP contribution in [0.15, 0.2) is 41.3 Å². The lowest BCUT2D eigenvalue weighted by atomic mass is 10.1. The first-order valence-corrected chi connectivity index (χ1v) is 9.29. The van der Waals surface area contributed by atoms with Crippen molar-refractivity contribution < 1.29 is 8.42 Å². The molecule has 0 amide bonds. The Labute approximate surface area is 136 Å². The molecule has 1 aliphatic carbocycles. The van der Waals surface area contributed by atoms with Crippen molar-refractivity contribution >= 4 is 9.84 Å². The smallest absolute Gasteiger partial charge is 0.184 e. The largest absolute Gasteiger partial charge is 0.236 e. The molecule has 0 bridgehead atoms. The Morgan fingerprint density at radius 2 is 1.74 bits per heavy atom. The van der Waals surface area contributed by atoms with Crippen molar-refractivity contribution in [3.8, 4) is 17.3 Å². The molecule has 0 unspecified atom stereocenters. The summed E-state index contributed by atoms with van der Waals surface area (Å²) in [5, 5.41) is 8.99. The van der Waals surface area contributed by atoms with Gasteiger partial charge < -0.3 is 0 Å². The lowest BCUT2D eigenvalue weighted by molar-refractivity contribution is 0.579. The molecule has 1 aromatic carbocycles. The van der Waals surface area contributed by atoms with Crippen LogP contribution in [0.2, 0.25) is 0 Å². The van der Waals surface area contributed by atoms with Gasteiger partial charge in [-0.3, -0.25) is 0 Å². The minimum Gasteiger partial charge on any atom is -0.236 e. The van der Waals surface area contributed by atoms with E-state index in [2.05, 4.69) is 4.98 Å². The van der Waals surface area contributed by atoms with E-state index in [1.54, 1.807) is 6.07 Å². The van der Waals surface area contributed by atoms with Crippen LogP contribution < -0.4 is 0 Å². The van der Waals surface area contributed by atoms with Crippen molar-refractivity contribution in [2.24, 2.45) is 0 Å². The zero-order valence-electron chi connectivity index (χ0n) is 13.0. The number of nitriles is 1. The van der Waals surface area contributed by atoms with Crippen molar-refractivity contribution in [1.82, 2.24) is 4.98 Å². The highest BCUT2D eigenvalue weighted by Gasteiger charge is 2.32. The van der Waals surface area contributed by atoms with E-state index in [4.69, 9.17) is 0 Å². The summed E-state index contributed by atoms with van der Waals surface area (Å²) < 4.78 is 25.4. The van der Waals surface area contributed by atoms with E-state index in [0.29, 0.717) is 18.5 Å². The number of pyridine rings is 1. The highest BCUT2D eigenvalue weighted by atomic mass is 32.2. The Hall–Kier alpha value is -2.19. The third-order valence-corrected chi connectivity index (χ3v) is 6.65. The van der Waals surface area contributed by atoms with Gasteiger partial charge in [-0.1, -0.05) is 42.7 Å². The molecule has 0 saturated heterocycles. The predicted octanol–water partition coefficient (Wildman–Crippen LogP) is 3.65. The Morgan fingerprint density at radius 3 is 2.35 bits per heavy atom. The van der Waals surface area contributed by atoms with Gasteiger partial charge in [-0.25, -0.2) is 13.4 Å². The van der Waals surface area contributed by atoms with Gasteiger partial charge in [-0.05, 0) is 31.9 Å². The number of hydrogen-bond acceptors (Lipinski definition) is 4. The second-order valence-corrected chi connectivity index (χ2v) is 8.17. The molecule has 1 aromatic heterocycles. The van der Waals surface area contributed by atoms with Gasteiger partial charge in [0, 0.05) is 5.56 Å². The van der Waals surface area contributed by atoms with E-state index in [9.17, 15) is 13.7 Å². The van der Waals surface area contributed by atoms with E-state index < -0.39 is 9.84 Å². The van der Waals surface area contributed by atoms with Gasteiger partial charge in [0.25, 0.3) is 0 Å². The van der Waals surface area contributed by atoms with Gasteiger partial charge in [0.05, 0.1) is 10.9 Å². The molecule has 1 aliphatic rings. The summed E-state index contributed by atoms with van der Waals surface area (Å²) in [6.07, 6.45) is 3.21. The zero-order valence-corrected chi connectivity index (χ0v) is 13.8. The lowest BCUT2D eigenvalue weighted by Crippen LogP contribution is -2.19. The summed E-state index contributed by atoms with van der Waals surface area (Å²) in [7, 11) is -3.47. The molecule has 0 spiro atoms. The summed E-state index contributed by atoms with van der Waals surface area (Å²) in [4.78, 5) is 4.36. The first-order chi connectivity index (χ1) is 11.0. The van der Waals surface area contributed by atoms with Gasteiger partial charge in [0.2, 0.25) is 0 Å². The molecule has 23 heavy (non-hydrogen) atoms. The van der Waals surface area contributed by atoms with Crippen molar-refractivity contribution in [1.29, 1.82) is 5.26 Å². The van der Waals surface area contributed by atoms with Crippen molar-refractivity contribution in [2.45, 2.75) is 42.8 Å². The fraction of sp³-hybridized carbons (Fsp3) is 0.333. The van der Waals surface area contributed by atoms with E-state index in [0.717, 1.165) is 24.0 Å². The fourth-order valence-corrected chi connectivity index (χ4v) is 4.95. The normalized spacial score (nSPS) is 15.5. The zero-order chi connectivity index (χ0) is 16.4. The highest BCUT2D eigenvalue weighted by Crippen LogP contribution is 2.31. The van der Waals surface area contributed by atoms with Gasteiger partial charge >= 0.3 is 0 Å². The molecular weight excluding hydrogens is 308 g/mol. The fourth-order valence-electron chi connectivity index (χ4n) is 3.02. The minimum absolute atomic E-state index is 0.00465. The van der Waals surface area contributed by atoms with Gasteiger partial charge in [0.1, 0.15) is 11.0 Å². The molecule has 5 heteroatoms. The molecule has 118 valence electrons. The van der Waals surface area contributed by atoms with E-state index in [-0.39, 0.29) is 15.8 Å². The third-order valence-electron chi connectivity index (χ3n) is 4.36. The maximum absolute atomic E-state index is 12.7. The van der Waals surface area contributed by atoms with Crippen LogP contribution in [0, 0.1) is 18.3 Å². The predicted molar refractivity (Wildman–Crippen MR) is 88.6 cm³/mol. The number of hydrogen-bond donors (Lipinski definition) is 0. The molecule has 1 saturated carbocycles. The monoisotopic (exact) mass is 326 g/mol. The first-order valence-electron chi connectivity index (χ1n) is 7.74. The number of aryl methyl sites for hydroxylation is 1. The Kier molecular flexibility index (Phi) is 4.18. The molecule has 0 atom stereocenters. The first kappa shape index (κ1) is 15.7. The number of rotatable bonds is 3. The van der Waals surface area contributed by atoms with Crippen LogP contribution in [0.3, 0.4) is 0 Å². The summed E-state index contributed by atoms with van der Waals surface area (Å²) >= 11 is 0. The molecule has 0 radical (unpaired) electrons. The van der Waals surface area contributed by atoms with Gasteiger partial charge in [0.15, 0.2) is 15.5 Å². The molecular formula is C18H18N2O2S. The van der Waals surface area contributed by atoms with Crippen LogP contribution in [0.1, 0.15) is 36.9 Å². The number of sulfone groups is 1. The minimum atomic E-state index is -3.47. The van der Waals surface area contributed by atoms with Crippen LogP contribution >= 0.6 is 0 Å². The second kappa shape index (κ2) is 6.13. The number of benzene rings is 1. The third kappa shape index (κ3) is 2.99. The lowest BCUT2D eigenvalue weighted by Gasteiger charge is -2.12. The molecule has 0 N–H and O–H groups in total. The standard InChI is InChI=1S/C18H18N2O2S/c1-13-6-8-14(9-7-13)16-10-11-18(17(12-19)20-16)23(21,22)15-4-2-3-5-15/h6-11,15H,2-5H2,1H3. The van der Waals surface area contributed by atoms with Gasteiger partial charge in [-0.2, -0.15) is 5.26 Å². The molecule has 2 aromatic rings. The summed E-state index contributed by atoms with van der Waals surface area (Å²) in [6, 6.07) is 13.0. The summed E-state index contributed by atoms with van der Waals surface area (Å²) in [5.74, 6) is 0.